The van der Waals surface area contributed by atoms with Crippen LogP contribution in [-0.2, 0) is 5.54 Å². The Morgan fingerprint density at radius 3 is 2.47 bits per heavy atom. The van der Waals surface area contributed by atoms with Crippen LogP contribution in [0.1, 0.15) is 31.2 Å². The topological polar surface area (TPSA) is 86.2 Å². The highest BCUT2D eigenvalue weighted by Crippen LogP contribution is 2.61. The Labute approximate surface area is 164 Å². The van der Waals surface area contributed by atoms with Crippen molar-refractivity contribution < 1.29 is 40.6 Å². The van der Waals surface area contributed by atoms with Crippen molar-refractivity contribution in [3.8, 4) is 17.0 Å². The molecule has 3 N–H and O–H groups in total. The first kappa shape index (κ1) is 20.7. The fourth-order valence-corrected chi connectivity index (χ4v) is 4.16. The number of nitrogen functional groups attached to an aromatic ring is 1. The van der Waals surface area contributed by atoms with Crippen molar-refractivity contribution in [1.29, 1.82) is 0 Å². The summed E-state index contributed by atoms with van der Waals surface area (Å²) in [6.45, 7) is 0. The molecule has 0 spiro atoms. The van der Waals surface area contributed by atoms with Gasteiger partial charge in [-0.15, -0.1) is 13.2 Å². The summed E-state index contributed by atoms with van der Waals surface area (Å²) in [5, 5.41) is 9.80. The Bertz CT molecular complexity index is 974. The van der Waals surface area contributed by atoms with E-state index in [0.717, 1.165) is 23.0 Å². The number of nitrogens with zero attached hydrogens (tertiary/aromatic N) is 3. The Hall–Kier alpha value is -2.57. The molecule has 2 aromatic rings. The number of aromatic nitrogens is 3. The zero-order valence-electron chi connectivity index (χ0n) is 15.0. The van der Waals surface area contributed by atoms with Crippen LogP contribution in [0.3, 0.4) is 0 Å². The van der Waals surface area contributed by atoms with Crippen LogP contribution in [0.5, 0.6) is 5.75 Å². The molecule has 0 aromatic carbocycles. The minimum atomic E-state index is -5.06. The minimum absolute atomic E-state index is 0.0343. The molecule has 2 saturated carbocycles. The first-order valence-corrected chi connectivity index (χ1v) is 8.82. The maximum Gasteiger partial charge on any atom is 0.573 e. The predicted octanol–water partition coefficient (Wildman–Crippen LogP) is 3.87. The largest absolute Gasteiger partial charge is 0.573 e. The van der Waals surface area contributed by atoms with E-state index in [2.05, 4.69) is 14.7 Å². The van der Waals surface area contributed by atoms with Crippen LogP contribution in [-0.4, -0.2) is 38.4 Å². The van der Waals surface area contributed by atoms with Crippen molar-refractivity contribution in [3.63, 3.8) is 0 Å². The Kier molecular flexibility index (Phi) is 4.46. The molecule has 2 fully saturated rings. The number of hydrogen-bond donors (Lipinski definition) is 2. The highest BCUT2D eigenvalue weighted by molar-refractivity contribution is 5.64. The van der Waals surface area contributed by atoms with Gasteiger partial charge in [-0.1, -0.05) is 0 Å². The number of hydrogen-bond acceptors (Lipinski definition) is 5. The third-order valence-corrected chi connectivity index (χ3v) is 5.73. The van der Waals surface area contributed by atoms with E-state index in [-0.39, 0.29) is 17.7 Å². The average Bonchev–Trinajstić information content (AvgIpc) is 3.03. The number of rotatable bonds is 4. The number of ether oxygens (including phenoxy) is 1. The van der Waals surface area contributed by atoms with Crippen LogP contribution < -0.4 is 10.5 Å². The van der Waals surface area contributed by atoms with Crippen LogP contribution >= 0.6 is 0 Å². The smallest absolute Gasteiger partial charge is 0.402 e. The van der Waals surface area contributed by atoms with Gasteiger partial charge in [0, 0.05) is 30.3 Å². The molecular weight excluding hydrogens is 425 g/mol. The highest BCUT2D eigenvalue weighted by Gasteiger charge is 2.63. The van der Waals surface area contributed by atoms with Crippen molar-refractivity contribution in [2.45, 2.75) is 49.6 Å². The lowest BCUT2D eigenvalue weighted by Crippen LogP contribution is -2.64. The molecule has 0 bridgehead atoms. The Morgan fingerprint density at radius 1 is 1.27 bits per heavy atom. The molecule has 4 unspecified atom stereocenters. The molecule has 30 heavy (non-hydrogen) atoms. The van der Waals surface area contributed by atoms with Gasteiger partial charge in [0.15, 0.2) is 11.6 Å². The van der Waals surface area contributed by atoms with E-state index in [1.54, 1.807) is 0 Å². The molecule has 13 heteroatoms. The summed E-state index contributed by atoms with van der Waals surface area (Å²) in [5.74, 6) is -2.70. The second-order valence-corrected chi connectivity index (χ2v) is 7.42. The zero-order valence-corrected chi connectivity index (χ0v) is 15.0. The highest BCUT2D eigenvalue weighted by atomic mass is 19.4. The van der Waals surface area contributed by atoms with E-state index in [0.29, 0.717) is 12.8 Å². The molecule has 2 aliphatic rings. The van der Waals surface area contributed by atoms with Crippen molar-refractivity contribution in [2.24, 2.45) is 5.92 Å². The third kappa shape index (κ3) is 3.24. The van der Waals surface area contributed by atoms with Gasteiger partial charge in [0.1, 0.15) is 12.0 Å². The van der Waals surface area contributed by atoms with Gasteiger partial charge in [-0.05, 0) is 18.9 Å². The number of fused-ring (bicyclic) bond motifs is 1. The van der Waals surface area contributed by atoms with Crippen LogP contribution in [0.4, 0.5) is 36.6 Å². The number of nitrogens with two attached hydrogens (primary N) is 1. The van der Waals surface area contributed by atoms with E-state index in [4.69, 9.17) is 5.73 Å². The van der Waals surface area contributed by atoms with Gasteiger partial charge in [0.2, 0.25) is 6.10 Å². The van der Waals surface area contributed by atoms with Crippen LogP contribution in [0.2, 0.25) is 0 Å². The maximum absolute atomic E-state index is 13.8. The van der Waals surface area contributed by atoms with E-state index < -0.39 is 53.7 Å². The monoisotopic (exact) mass is 440 g/mol. The first-order valence-electron chi connectivity index (χ1n) is 8.82. The van der Waals surface area contributed by atoms with Gasteiger partial charge >= 0.3 is 12.5 Å². The number of aliphatic hydroxyl groups excluding tert-OH is 1. The summed E-state index contributed by atoms with van der Waals surface area (Å²) >= 11 is 0. The Morgan fingerprint density at radius 2 is 1.97 bits per heavy atom. The fraction of sp³-hybridized carbons (Fsp3) is 0.529. The summed E-state index contributed by atoms with van der Waals surface area (Å²) in [5.41, 5.74) is 4.12. The predicted molar refractivity (Wildman–Crippen MR) is 87.8 cm³/mol. The van der Waals surface area contributed by atoms with Crippen LogP contribution in [0, 0.1) is 5.92 Å². The molecule has 164 valence electrons. The van der Waals surface area contributed by atoms with Gasteiger partial charge in [-0.2, -0.15) is 13.2 Å². The number of aliphatic hydroxyl groups is 1. The molecule has 6 nitrogen and oxygen atoms in total. The van der Waals surface area contributed by atoms with E-state index >= 15 is 0 Å². The standard InChI is InChI=1S/C17H15F7N4O2/c18-9-4-15(2-1-8(9)15)28-6-10(27-14(28)12(29)16(19,20)21)7-3-11(13(25)26-5-7)30-17(22,23)24/h3,5-6,8-9,12,29H,1-2,4H2,(H2,25,26). The second-order valence-electron chi connectivity index (χ2n) is 7.42. The molecule has 0 amide bonds. The van der Waals surface area contributed by atoms with E-state index in [9.17, 15) is 35.8 Å². The number of imidazole rings is 1. The lowest BCUT2D eigenvalue weighted by Gasteiger charge is -2.61. The molecular formula is C17H15F7N4O2. The third-order valence-electron chi connectivity index (χ3n) is 5.73. The van der Waals surface area contributed by atoms with E-state index in [1.165, 1.54) is 0 Å². The second kappa shape index (κ2) is 6.46. The minimum Gasteiger partial charge on any atom is -0.402 e. The number of halogens is 7. The molecule has 0 saturated heterocycles. The van der Waals surface area contributed by atoms with Gasteiger partial charge < -0.3 is 20.1 Å². The molecule has 4 atom stereocenters. The molecule has 0 aliphatic heterocycles. The van der Waals surface area contributed by atoms with Gasteiger partial charge in [-0.25, -0.2) is 14.4 Å². The summed E-state index contributed by atoms with van der Waals surface area (Å²) in [6, 6.07) is 0.834. The maximum atomic E-state index is 13.8. The summed E-state index contributed by atoms with van der Waals surface area (Å²) in [6.07, 6.45) is -11.2. The number of pyridine rings is 1. The Balaban J connectivity index is 1.78. The van der Waals surface area contributed by atoms with Gasteiger partial charge in [0.05, 0.1) is 11.2 Å². The lowest BCUT2D eigenvalue weighted by molar-refractivity contribution is -0.274. The molecule has 0 radical (unpaired) electrons. The average molecular weight is 440 g/mol. The number of alkyl halides is 7. The summed E-state index contributed by atoms with van der Waals surface area (Å²) in [7, 11) is 0. The first-order chi connectivity index (χ1) is 13.8. The number of anilines is 1. The molecule has 2 heterocycles. The normalized spacial score (nSPS) is 27.1. The van der Waals surface area contributed by atoms with Gasteiger partial charge in [-0.3, -0.25) is 0 Å². The quantitative estimate of drug-likeness (QED) is 0.706. The van der Waals surface area contributed by atoms with Crippen molar-refractivity contribution in [2.75, 3.05) is 5.73 Å². The molecule has 2 aromatic heterocycles. The zero-order chi connectivity index (χ0) is 22.1. The van der Waals surface area contributed by atoms with Gasteiger partial charge in [0.25, 0.3) is 0 Å². The van der Waals surface area contributed by atoms with Crippen LogP contribution in [0.25, 0.3) is 11.3 Å². The molecule has 2 aliphatic carbocycles. The van der Waals surface area contributed by atoms with Crippen molar-refractivity contribution in [1.82, 2.24) is 14.5 Å². The van der Waals surface area contributed by atoms with E-state index in [1.807, 2.05) is 0 Å². The summed E-state index contributed by atoms with van der Waals surface area (Å²) in [4.78, 5) is 7.38. The molecule has 4 rings (SSSR count). The summed E-state index contributed by atoms with van der Waals surface area (Å²) < 4.78 is 95.9. The lowest BCUT2D eigenvalue weighted by atomic mass is 9.52. The van der Waals surface area contributed by atoms with Crippen LogP contribution in [0.15, 0.2) is 18.5 Å². The fourth-order valence-electron chi connectivity index (χ4n) is 4.16. The van der Waals surface area contributed by atoms with Crippen molar-refractivity contribution in [3.05, 3.63) is 24.3 Å². The van der Waals surface area contributed by atoms with Crippen molar-refractivity contribution >= 4 is 5.82 Å². The SMILES string of the molecule is Nc1ncc(-c2cn(C34CCC3C(F)C4)c(C(O)C(F)(F)F)n2)cc1OC(F)(F)F.